The van der Waals surface area contributed by atoms with E-state index in [9.17, 15) is 4.57 Å². The second-order valence-electron chi connectivity index (χ2n) is 3.04. The largest absolute Gasteiger partial charge is 0.398 e. The molecule has 0 aliphatic heterocycles. The zero-order valence-corrected chi connectivity index (χ0v) is 10.9. The minimum Gasteiger partial charge on any atom is -0.398 e. The van der Waals surface area contributed by atoms with Crippen LogP contribution in [0, 0.1) is 0 Å². The van der Waals surface area contributed by atoms with E-state index < -0.39 is 7.60 Å². The Balaban J connectivity index is 3.20. The maximum Gasteiger partial charge on any atom is 0.363 e. The lowest BCUT2D eigenvalue weighted by Crippen LogP contribution is -2.15. The smallest absolute Gasteiger partial charge is 0.363 e. The van der Waals surface area contributed by atoms with Crippen LogP contribution in [0.5, 0.6) is 0 Å². The highest BCUT2D eigenvalue weighted by molar-refractivity contribution is 7.62. The molecule has 90 valence electrons. The molecule has 1 aromatic carbocycles. The first kappa shape index (κ1) is 13.5. The van der Waals surface area contributed by atoms with Crippen LogP contribution in [0.15, 0.2) is 18.2 Å². The third kappa shape index (κ3) is 2.98. The summed E-state index contributed by atoms with van der Waals surface area (Å²) in [5, 5.41) is 0.771. The Bertz CT molecular complexity index is 401. The number of hydrogen-bond acceptors (Lipinski definition) is 4. The van der Waals surface area contributed by atoms with E-state index in [0.29, 0.717) is 16.0 Å². The van der Waals surface area contributed by atoms with E-state index in [4.69, 9.17) is 26.4 Å². The van der Waals surface area contributed by atoms with Crippen molar-refractivity contribution in [3.63, 3.8) is 0 Å². The van der Waals surface area contributed by atoms with Crippen LogP contribution in [0.3, 0.4) is 0 Å². The van der Waals surface area contributed by atoms with Gasteiger partial charge in [-0.1, -0.05) is 11.6 Å². The second kappa shape index (κ2) is 5.69. The highest BCUT2D eigenvalue weighted by Crippen LogP contribution is 2.48. The van der Waals surface area contributed by atoms with Crippen LogP contribution in [0.4, 0.5) is 5.69 Å². The first-order valence-electron chi connectivity index (χ1n) is 4.98. The first-order chi connectivity index (χ1) is 7.53. The van der Waals surface area contributed by atoms with Gasteiger partial charge in [-0.2, -0.15) is 0 Å². The molecular formula is C10H15ClNO3P. The van der Waals surface area contributed by atoms with Crippen LogP contribution in [0.25, 0.3) is 0 Å². The van der Waals surface area contributed by atoms with Crippen molar-refractivity contribution in [3.05, 3.63) is 23.2 Å². The predicted molar refractivity (Wildman–Crippen MR) is 66.4 cm³/mol. The van der Waals surface area contributed by atoms with Gasteiger partial charge in [-0.3, -0.25) is 4.57 Å². The third-order valence-corrected chi connectivity index (χ3v) is 4.29. The van der Waals surface area contributed by atoms with Crippen molar-refractivity contribution >= 4 is 30.2 Å². The molecule has 6 heteroatoms. The summed E-state index contributed by atoms with van der Waals surface area (Å²) in [5.41, 5.74) is 6.10. The van der Waals surface area contributed by atoms with Crippen LogP contribution in [0.1, 0.15) is 13.8 Å². The Hall–Kier alpha value is -0.540. The fourth-order valence-corrected chi connectivity index (χ4v) is 3.24. The van der Waals surface area contributed by atoms with Crippen LogP contribution in [0.2, 0.25) is 5.02 Å². The number of nitrogens with two attached hydrogens (primary N) is 1. The molecule has 16 heavy (non-hydrogen) atoms. The number of anilines is 1. The van der Waals surface area contributed by atoms with E-state index in [2.05, 4.69) is 0 Å². The fourth-order valence-electron chi connectivity index (χ4n) is 1.27. The van der Waals surface area contributed by atoms with Gasteiger partial charge in [0, 0.05) is 10.7 Å². The van der Waals surface area contributed by atoms with E-state index in [1.54, 1.807) is 26.0 Å². The summed E-state index contributed by atoms with van der Waals surface area (Å²) in [5.74, 6) is 0. The van der Waals surface area contributed by atoms with Crippen molar-refractivity contribution in [2.24, 2.45) is 0 Å². The van der Waals surface area contributed by atoms with E-state index in [1.165, 1.54) is 6.07 Å². The molecule has 0 heterocycles. The molecule has 0 saturated carbocycles. The van der Waals surface area contributed by atoms with Gasteiger partial charge in [0.15, 0.2) is 0 Å². The van der Waals surface area contributed by atoms with E-state index in [0.717, 1.165) is 0 Å². The lowest BCUT2D eigenvalue weighted by Gasteiger charge is -2.18. The summed E-state index contributed by atoms with van der Waals surface area (Å²) >= 11 is 5.84. The van der Waals surface area contributed by atoms with E-state index in [1.807, 2.05) is 0 Å². The molecule has 0 amide bonds. The van der Waals surface area contributed by atoms with Crippen molar-refractivity contribution in [1.82, 2.24) is 0 Å². The summed E-state index contributed by atoms with van der Waals surface area (Å²) in [6.07, 6.45) is 0. The Morgan fingerprint density at radius 2 is 1.88 bits per heavy atom. The molecule has 0 unspecified atom stereocenters. The van der Waals surface area contributed by atoms with Gasteiger partial charge in [-0.05, 0) is 32.0 Å². The average Bonchev–Trinajstić information content (AvgIpc) is 2.22. The number of halogens is 1. The quantitative estimate of drug-likeness (QED) is 0.655. The maximum atomic E-state index is 12.4. The highest BCUT2D eigenvalue weighted by atomic mass is 35.5. The Morgan fingerprint density at radius 1 is 1.31 bits per heavy atom. The van der Waals surface area contributed by atoms with Crippen LogP contribution in [-0.2, 0) is 13.6 Å². The first-order valence-corrected chi connectivity index (χ1v) is 6.90. The molecule has 4 nitrogen and oxygen atoms in total. The van der Waals surface area contributed by atoms with Gasteiger partial charge in [0.2, 0.25) is 0 Å². The van der Waals surface area contributed by atoms with Gasteiger partial charge in [0.1, 0.15) is 0 Å². The maximum absolute atomic E-state index is 12.4. The van der Waals surface area contributed by atoms with E-state index in [-0.39, 0.29) is 13.2 Å². The predicted octanol–water partition coefficient (Wildman–Crippen LogP) is 2.81. The summed E-state index contributed by atoms with van der Waals surface area (Å²) < 4.78 is 22.8. The molecule has 0 bridgehead atoms. The van der Waals surface area contributed by atoms with Crippen molar-refractivity contribution < 1.29 is 13.6 Å². The van der Waals surface area contributed by atoms with Crippen molar-refractivity contribution in [2.45, 2.75) is 13.8 Å². The molecule has 1 aromatic rings. The average molecular weight is 264 g/mol. The SMILES string of the molecule is CCOP(=O)(OCC)c1cc(Cl)ccc1N. The van der Waals surface area contributed by atoms with Gasteiger partial charge >= 0.3 is 7.60 Å². The molecule has 0 atom stereocenters. The fraction of sp³-hybridized carbons (Fsp3) is 0.400. The number of hydrogen-bond donors (Lipinski definition) is 1. The topological polar surface area (TPSA) is 61.5 Å². The van der Waals surface area contributed by atoms with E-state index >= 15 is 0 Å². The molecule has 0 spiro atoms. The lowest BCUT2D eigenvalue weighted by molar-refractivity contribution is 0.230. The molecule has 0 aliphatic carbocycles. The Morgan fingerprint density at radius 3 is 2.38 bits per heavy atom. The molecule has 0 aromatic heterocycles. The van der Waals surface area contributed by atoms with Crippen LogP contribution < -0.4 is 11.0 Å². The minimum atomic E-state index is -3.35. The summed E-state index contributed by atoms with van der Waals surface area (Å²) in [4.78, 5) is 0. The second-order valence-corrected chi connectivity index (χ2v) is 5.47. The lowest BCUT2D eigenvalue weighted by atomic mass is 10.3. The molecule has 0 fully saturated rings. The third-order valence-electron chi connectivity index (χ3n) is 1.89. The molecule has 1 rings (SSSR count). The van der Waals surface area contributed by atoms with Gasteiger partial charge in [0.05, 0.1) is 18.5 Å². The van der Waals surface area contributed by atoms with Crippen molar-refractivity contribution in [2.75, 3.05) is 18.9 Å². The number of nitrogen functional groups attached to an aromatic ring is 1. The number of benzene rings is 1. The Kier molecular flexibility index (Phi) is 4.81. The monoisotopic (exact) mass is 263 g/mol. The van der Waals surface area contributed by atoms with Gasteiger partial charge < -0.3 is 14.8 Å². The normalized spacial score (nSPS) is 11.7. The van der Waals surface area contributed by atoms with Gasteiger partial charge in [-0.25, -0.2) is 0 Å². The molecule has 0 aliphatic rings. The highest BCUT2D eigenvalue weighted by Gasteiger charge is 2.29. The Labute approximate surface area is 100 Å². The minimum absolute atomic E-state index is 0.281. The van der Waals surface area contributed by atoms with Crippen LogP contribution >= 0.6 is 19.2 Å². The molecule has 0 radical (unpaired) electrons. The molecule has 0 saturated heterocycles. The standard InChI is InChI=1S/C10H15ClNO3P/c1-3-14-16(13,15-4-2)10-7-8(11)5-6-9(10)12/h5-7H,3-4,12H2,1-2H3. The summed E-state index contributed by atoms with van der Waals surface area (Å²) in [6.45, 7) is 4.05. The van der Waals surface area contributed by atoms with Crippen LogP contribution in [-0.4, -0.2) is 13.2 Å². The molecular weight excluding hydrogens is 249 g/mol. The zero-order chi connectivity index (χ0) is 12.2. The summed E-state index contributed by atoms with van der Waals surface area (Å²) in [6, 6.07) is 4.73. The molecule has 2 N–H and O–H groups in total. The van der Waals surface area contributed by atoms with Crippen molar-refractivity contribution in [1.29, 1.82) is 0 Å². The zero-order valence-electron chi connectivity index (χ0n) is 9.27. The van der Waals surface area contributed by atoms with Gasteiger partial charge in [0.25, 0.3) is 0 Å². The van der Waals surface area contributed by atoms with Crippen molar-refractivity contribution in [3.8, 4) is 0 Å². The summed E-state index contributed by atoms with van der Waals surface area (Å²) in [7, 11) is -3.35. The number of rotatable bonds is 5. The van der Waals surface area contributed by atoms with Gasteiger partial charge in [-0.15, -0.1) is 0 Å².